The zero-order valence-corrected chi connectivity index (χ0v) is 11.6. The number of nitro benzene ring substituents is 1. The Morgan fingerprint density at radius 3 is 2.67 bits per heavy atom. The van der Waals surface area contributed by atoms with Crippen molar-refractivity contribution < 1.29 is 14.5 Å². The topological polar surface area (TPSA) is 97.1 Å². The molecule has 0 aliphatic carbocycles. The van der Waals surface area contributed by atoms with E-state index in [-0.39, 0.29) is 11.8 Å². The maximum absolute atomic E-state index is 11.3. The van der Waals surface area contributed by atoms with Gasteiger partial charge in [-0.15, -0.1) is 0 Å². The second kappa shape index (κ2) is 6.69. The largest absolute Gasteiger partial charge is 0.453 e. The first-order chi connectivity index (χ1) is 10.1. The minimum atomic E-state index is -0.456. The van der Waals surface area contributed by atoms with Crippen LogP contribution >= 0.6 is 0 Å². The number of piperidine rings is 1. The van der Waals surface area contributed by atoms with Crippen LogP contribution in [-0.4, -0.2) is 41.8 Å². The summed E-state index contributed by atoms with van der Waals surface area (Å²) >= 11 is 0. The van der Waals surface area contributed by atoms with Gasteiger partial charge in [0.05, 0.1) is 12.0 Å². The van der Waals surface area contributed by atoms with E-state index in [0.29, 0.717) is 31.6 Å². The minimum absolute atomic E-state index is 0.0196. The summed E-state index contributed by atoms with van der Waals surface area (Å²) < 4.78 is 4.65. The van der Waals surface area contributed by atoms with Gasteiger partial charge < -0.3 is 9.64 Å². The number of likely N-dealkylation sites (tertiary alicyclic amines) is 1. The number of hydrazone groups is 1. The first-order valence-corrected chi connectivity index (χ1v) is 6.49. The highest BCUT2D eigenvalue weighted by Crippen LogP contribution is 2.23. The van der Waals surface area contributed by atoms with Crippen molar-refractivity contribution in [1.82, 2.24) is 4.90 Å². The molecule has 0 bridgehead atoms. The van der Waals surface area contributed by atoms with Gasteiger partial charge in [0.15, 0.2) is 0 Å². The fraction of sp³-hybridized carbons (Fsp3) is 0.385. The summed E-state index contributed by atoms with van der Waals surface area (Å²) in [5.74, 6) is 0. The SMILES string of the molecule is COC(=O)N1CCC(=NNc2ccccc2[N+](=O)[O-])CC1. The number of carbonyl (C=O) groups excluding carboxylic acids is 1. The number of benzene rings is 1. The van der Waals surface area contributed by atoms with Crippen LogP contribution in [-0.2, 0) is 4.74 Å². The highest BCUT2D eigenvalue weighted by Gasteiger charge is 2.20. The van der Waals surface area contributed by atoms with Gasteiger partial charge in [-0.3, -0.25) is 15.5 Å². The number of nitrogens with one attached hydrogen (secondary N) is 1. The summed E-state index contributed by atoms with van der Waals surface area (Å²) in [4.78, 5) is 23.4. The summed E-state index contributed by atoms with van der Waals surface area (Å²) in [5.41, 5.74) is 3.94. The lowest BCUT2D eigenvalue weighted by Gasteiger charge is -2.26. The average Bonchev–Trinajstić information content (AvgIpc) is 2.52. The van der Waals surface area contributed by atoms with Gasteiger partial charge in [0, 0.05) is 37.7 Å². The molecule has 2 rings (SSSR count). The van der Waals surface area contributed by atoms with E-state index in [1.807, 2.05) is 0 Å². The summed E-state index contributed by atoms with van der Waals surface area (Å²) in [5, 5.41) is 15.1. The number of nitrogens with zero attached hydrogens (tertiary/aromatic N) is 3. The lowest BCUT2D eigenvalue weighted by Crippen LogP contribution is -2.38. The highest BCUT2D eigenvalue weighted by molar-refractivity contribution is 5.87. The number of hydrogen-bond acceptors (Lipinski definition) is 6. The van der Waals surface area contributed by atoms with Crippen molar-refractivity contribution in [2.75, 3.05) is 25.6 Å². The Balaban J connectivity index is 1.97. The predicted octanol–water partition coefficient (Wildman–Crippen LogP) is 2.22. The van der Waals surface area contributed by atoms with E-state index in [1.54, 1.807) is 23.1 Å². The summed E-state index contributed by atoms with van der Waals surface area (Å²) in [6.45, 7) is 1.06. The normalized spacial score (nSPS) is 14.5. The van der Waals surface area contributed by atoms with Crippen LogP contribution in [0.2, 0.25) is 0 Å². The van der Waals surface area contributed by atoms with Crippen molar-refractivity contribution in [3.8, 4) is 0 Å². The molecule has 1 fully saturated rings. The molecule has 8 nitrogen and oxygen atoms in total. The van der Waals surface area contributed by atoms with Gasteiger partial charge in [0.1, 0.15) is 5.69 Å². The van der Waals surface area contributed by atoms with E-state index in [4.69, 9.17) is 0 Å². The number of hydrogen-bond donors (Lipinski definition) is 1. The third-order valence-corrected chi connectivity index (χ3v) is 3.21. The Kier molecular flexibility index (Phi) is 4.70. The fourth-order valence-corrected chi connectivity index (χ4v) is 2.05. The second-order valence-electron chi connectivity index (χ2n) is 4.52. The van der Waals surface area contributed by atoms with Crippen LogP contribution in [0, 0.1) is 10.1 Å². The molecule has 112 valence electrons. The van der Waals surface area contributed by atoms with Gasteiger partial charge in [-0.1, -0.05) is 12.1 Å². The van der Waals surface area contributed by atoms with Crippen molar-refractivity contribution in [2.24, 2.45) is 5.10 Å². The summed E-state index contributed by atoms with van der Waals surface area (Å²) in [7, 11) is 1.35. The number of rotatable bonds is 3. The Hall–Kier alpha value is -2.64. The highest BCUT2D eigenvalue weighted by atomic mass is 16.6. The fourth-order valence-electron chi connectivity index (χ4n) is 2.05. The molecule has 0 spiro atoms. The zero-order valence-electron chi connectivity index (χ0n) is 11.6. The minimum Gasteiger partial charge on any atom is -0.453 e. The molecular weight excluding hydrogens is 276 g/mol. The molecule has 1 aromatic rings. The molecule has 1 amide bonds. The average molecular weight is 292 g/mol. The quantitative estimate of drug-likeness (QED) is 0.680. The number of ether oxygens (including phenoxy) is 1. The van der Waals surface area contributed by atoms with Crippen molar-refractivity contribution in [2.45, 2.75) is 12.8 Å². The van der Waals surface area contributed by atoms with Gasteiger partial charge in [0.2, 0.25) is 0 Å². The molecule has 1 aromatic carbocycles. The van der Waals surface area contributed by atoms with E-state index in [9.17, 15) is 14.9 Å². The molecule has 0 unspecified atom stereocenters. The van der Waals surface area contributed by atoms with E-state index in [2.05, 4.69) is 15.3 Å². The van der Waals surface area contributed by atoms with Gasteiger partial charge in [-0.25, -0.2) is 4.79 Å². The molecule has 1 aliphatic rings. The smallest absolute Gasteiger partial charge is 0.409 e. The molecule has 8 heteroatoms. The molecule has 0 radical (unpaired) electrons. The lowest BCUT2D eigenvalue weighted by atomic mass is 10.1. The van der Waals surface area contributed by atoms with Gasteiger partial charge >= 0.3 is 6.09 Å². The van der Waals surface area contributed by atoms with E-state index < -0.39 is 4.92 Å². The van der Waals surface area contributed by atoms with Crippen molar-refractivity contribution in [1.29, 1.82) is 0 Å². The number of anilines is 1. The van der Waals surface area contributed by atoms with Crippen LogP contribution < -0.4 is 5.43 Å². The Bertz CT molecular complexity index is 563. The van der Waals surface area contributed by atoms with Crippen molar-refractivity contribution >= 4 is 23.2 Å². The van der Waals surface area contributed by atoms with E-state index in [0.717, 1.165) is 5.71 Å². The molecule has 1 heterocycles. The molecule has 1 N–H and O–H groups in total. The summed E-state index contributed by atoms with van der Waals surface area (Å²) in [6, 6.07) is 6.33. The van der Waals surface area contributed by atoms with E-state index in [1.165, 1.54) is 13.2 Å². The second-order valence-corrected chi connectivity index (χ2v) is 4.52. The predicted molar refractivity (Wildman–Crippen MR) is 77.4 cm³/mol. The first kappa shape index (κ1) is 14.8. The van der Waals surface area contributed by atoms with Gasteiger partial charge in [-0.2, -0.15) is 5.10 Å². The molecular formula is C13H16N4O4. The Morgan fingerprint density at radius 2 is 2.05 bits per heavy atom. The standard InChI is InChI=1S/C13H16N4O4/c1-21-13(18)16-8-6-10(7-9-16)14-15-11-4-2-3-5-12(11)17(19)20/h2-5,15H,6-9H2,1H3. The number of para-hydroxylation sites is 2. The first-order valence-electron chi connectivity index (χ1n) is 6.49. The number of carbonyl (C=O) groups is 1. The molecule has 1 saturated heterocycles. The van der Waals surface area contributed by atoms with Crippen LogP contribution in [0.3, 0.4) is 0 Å². The lowest BCUT2D eigenvalue weighted by molar-refractivity contribution is -0.384. The third-order valence-electron chi connectivity index (χ3n) is 3.21. The van der Waals surface area contributed by atoms with Crippen LogP contribution in [0.1, 0.15) is 12.8 Å². The van der Waals surface area contributed by atoms with E-state index >= 15 is 0 Å². The van der Waals surface area contributed by atoms with Crippen LogP contribution in [0.5, 0.6) is 0 Å². The van der Waals surface area contributed by atoms with Crippen molar-refractivity contribution in [3.05, 3.63) is 34.4 Å². The zero-order chi connectivity index (χ0) is 15.2. The monoisotopic (exact) mass is 292 g/mol. The number of methoxy groups -OCH3 is 1. The van der Waals surface area contributed by atoms with Crippen LogP contribution in [0.25, 0.3) is 0 Å². The number of amides is 1. The molecule has 0 aromatic heterocycles. The third kappa shape index (κ3) is 3.68. The molecule has 0 saturated carbocycles. The molecule has 1 aliphatic heterocycles. The van der Waals surface area contributed by atoms with Crippen molar-refractivity contribution in [3.63, 3.8) is 0 Å². The maximum Gasteiger partial charge on any atom is 0.409 e. The van der Waals surface area contributed by atoms with Crippen LogP contribution in [0.15, 0.2) is 29.4 Å². The summed E-state index contributed by atoms with van der Waals surface area (Å²) in [6.07, 6.45) is 0.881. The Morgan fingerprint density at radius 1 is 1.38 bits per heavy atom. The van der Waals surface area contributed by atoms with Crippen LogP contribution in [0.4, 0.5) is 16.2 Å². The van der Waals surface area contributed by atoms with Gasteiger partial charge in [-0.05, 0) is 6.07 Å². The molecule has 0 atom stereocenters. The number of nitro groups is 1. The maximum atomic E-state index is 11.3. The van der Waals surface area contributed by atoms with Gasteiger partial charge in [0.25, 0.3) is 5.69 Å². The molecule has 21 heavy (non-hydrogen) atoms. The Labute approximate surface area is 121 Å².